The minimum Gasteiger partial charge on any atom is -0.481 e. The van der Waals surface area contributed by atoms with Crippen molar-refractivity contribution in [2.24, 2.45) is 17.8 Å². The summed E-state index contributed by atoms with van der Waals surface area (Å²) in [5.74, 6) is 0.221. The summed E-state index contributed by atoms with van der Waals surface area (Å²) in [5, 5.41) is 12.9. The Morgan fingerprint density at radius 1 is 1.44 bits per heavy atom. The number of aliphatic carboxylic acids is 1. The molecule has 4 heteroatoms. The first kappa shape index (κ1) is 12.2. The van der Waals surface area contributed by atoms with Gasteiger partial charge in [0.2, 0.25) is 0 Å². The summed E-state index contributed by atoms with van der Waals surface area (Å²) in [4.78, 5) is 14.0. The minimum atomic E-state index is -0.609. The maximum absolute atomic E-state index is 11.4. The van der Waals surface area contributed by atoms with Gasteiger partial charge in [0.05, 0.1) is 5.92 Å². The lowest BCUT2D eigenvalue weighted by molar-refractivity contribution is -0.144. The zero-order valence-corrected chi connectivity index (χ0v) is 11.4. The fourth-order valence-corrected chi connectivity index (χ4v) is 4.58. The van der Waals surface area contributed by atoms with Crippen LogP contribution in [0.1, 0.15) is 29.0 Å². The molecule has 2 bridgehead atoms. The van der Waals surface area contributed by atoms with Crippen molar-refractivity contribution in [2.75, 3.05) is 0 Å². The van der Waals surface area contributed by atoms with Gasteiger partial charge in [0, 0.05) is 22.3 Å². The zero-order valence-electron chi connectivity index (χ0n) is 10.6. The number of carboxylic acid groups (broad SMARTS) is 1. The van der Waals surface area contributed by atoms with Crippen LogP contribution in [0.15, 0.2) is 12.1 Å². The van der Waals surface area contributed by atoms with Crippen molar-refractivity contribution in [2.45, 2.75) is 38.8 Å². The average Bonchev–Trinajstić information content (AvgIpc) is 3.00. The topological polar surface area (TPSA) is 49.3 Å². The van der Waals surface area contributed by atoms with Gasteiger partial charge in [-0.05, 0) is 50.2 Å². The molecule has 0 spiro atoms. The van der Waals surface area contributed by atoms with Crippen LogP contribution in [-0.2, 0) is 11.3 Å². The fourth-order valence-electron chi connectivity index (χ4n) is 3.74. The molecule has 1 heterocycles. The van der Waals surface area contributed by atoms with Crippen LogP contribution in [0.4, 0.5) is 0 Å². The molecular weight excluding hydrogens is 246 g/mol. The van der Waals surface area contributed by atoms with Gasteiger partial charge in [-0.15, -0.1) is 11.3 Å². The normalized spacial score (nSPS) is 34.1. The fraction of sp³-hybridized carbons (Fsp3) is 0.643. The summed E-state index contributed by atoms with van der Waals surface area (Å²) in [6.07, 6.45) is 3.42. The number of rotatable bonds is 4. The van der Waals surface area contributed by atoms with Crippen molar-refractivity contribution in [3.63, 3.8) is 0 Å². The number of aryl methyl sites for hydroxylation is 1. The summed E-state index contributed by atoms with van der Waals surface area (Å²) in [6.45, 7) is 2.92. The second kappa shape index (κ2) is 4.67. The van der Waals surface area contributed by atoms with Crippen LogP contribution >= 0.6 is 11.3 Å². The number of hydrogen-bond acceptors (Lipinski definition) is 3. The smallest absolute Gasteiger partial charge is 0.308 e. The molecular formula is C14H19NO2S. The molecule has 0 amide bonds. The second-order valence-corrected chi connectivity index (χ2v) is 6.99. The van der Waals surface area contributed by atoms with Gasteiger partial charge < -0.3 is 10.4 Å². The van der Waals surface area contributed by atoms with Crippen molar-refractivity contribution < 1.29 is 9.90 Å². The molecule has 2 N–H and O–H groups in total. The van der Waals surface area contributed by atoms with E-state index in [4.69, 9.17) is 0 Å². The van der Waals surface area contributed by atoms with Crippen molar-refractivity contribution >= 4 is 17.3 Å². The first-order valence-electron chi connectivity index (χ1n) is 6.66. The highest BCUT2D eigenvalue weighted by Gasteiger charge is 2.50. The maximum atomic E-state index is 11.4. The lowest BCUT2D eigenvalue weighted by atomic mass is 9.84. The molecule has 4 unspecified atom stereocenters. The average molecular weight is 265 g/mol. The van der Waals surface area contributed by atoms with Crippen LogP contribution in [0, 0.1) is 24.7 Å². The Kier molecular flexibility index (Phi) is 3.16. The van der Waals surface area contributed by atoms with E-state index in [2.05, 4.69) is 24.4 Å². The number of hydrogen-bond donors (Lipinski definition) is 2. The molecule has 98 valence electrons. The van der Waals surface area contributed by atoms with Crippen LogP contribution in [0.5, 0.6) is 0 Å². The number of carbonyl (C=O) groups is 1. The van der Waals surface area contributed by atoms with Crippen LogP contribution < -0.4 is 5.32 Å². The molecule has 2 aliphatic rings. The van der Waals surface area contributed by atoms with Gasteiger partial charge in [0.1, 0.15) is 0 Å². The van der Waals surface area contributed by atoms with Gasteiger partial charge in [0.25, 0.3) is 0 Å². The Hall–Kier alpha value is -0.870. The lowest BCUT2D eigenvalue weighted by Gasteiger charge is -2.28. The lowest BCUT2D eigenvalue weighted by Crippen LogP contribution is -2.43. The summed E-state index contributed by atoms with van der Waals surface area (Å²) in [5.41, 5.74) is 0. The van der Waals surface area contributed by atoms with Crippen molar-refractivity contribution in [1.29, 1.82) is 0 Å². The molecule has 2 saturated carbocycles. The third kappa shape index (κ3) is 2.08. The Morgan fingerprint density at radius 2 is 2.22 bits per heavy atom. The number of carboxylic acids is 1. The molecule has 0 radical (unpaired) electrons. The molecule has 18 heavy (non-hydrogen) atoms. The van der Waals surface area contributed by atoms with Gasteiger partial charge in [-0.1, -0.05) is 0 Å². The zero-order chi connectivity index (χ0) is 12.7. The van der Waals surface area contributed by atoms with E-state index in [1.54, 1.807) is 11.3 Å². The van der Waals surface area contributed by atoms with E-state index in [1.165, 1.54) is 16.2 Å². The third-order valence-electron chi connectivity index (χ3n) is 4.51. The monoisotopic (exact) mass is 265 g/mol. The third-order valence-corrected chi connectivity index (χ3v) is 5.51. The van der Waals surface area contributed by atoms with Gasteiger partial charge in [-0.2, -0.15) is 0 Å². The molecule has 4 atom stereocenters. The summed E-state index contributed by atoms with van der Waals surface area (Å²) in [7, 11) is 0. The van der Waals surface area contributed by atoms with E-state index in [0.29, 0.717) is 11.8 Å². The first-order chi connectivity index (χ1) is 8.65. The molecule has 2 aliphatic carbocycles. The summed E-state index contributed by atoms with van der Waals surface area (Å²) >= 11 is 1.79. The van der Waals surface area contributed by atoms with Crippen molar-refractivity contribution in [1.82, 2.24) is 5.32 Å². The highest BCUT2D eigenvalue weighted by atomic mass is 32.1. The van der Waals surface area contributed by atoms with E-state index in [0.717, 1.165) is 19.4 Å². The quantitative estimate of drug-likeness (QED) is 0.880. The molecule has 1 aromatic heterocycles. The molecule has 0 aliphatic heterocycles. The molecule has 0 saturated heterocycles. The highest BCUT2D eigenvalue weighted by molar-refractivity contribution is 7.11. The number of nitrogens with one attached hydrogen (secondary N) is 1. The van der Waals surface area contributed by atoms with E-state index in [-0.39, 0.29) is 12.0 Å². The van der Waals surface area contributed by atoms with Gasteiger partial charge in [-0.25, -0.2) is 0 Å². The molecule has 1 aromatic rings. The van der Waals surface area contributed by atoms with Gasteiger partial charge >= 0.3 is 5.97 Å². The molecule has 3 nitrogen and oxygen atoms in total. The maximum Gasteiger partial charge on any atom is 0.308 e. The summed E-state index contributed by atoms with van der Waals surface area (Å²) in [6, 6.07) is 4.44. The van der Waals surface area contributed by atoms with Crippen LogP contribution in [0.3, 0.4) is 0 Å². The second-order valence-electron chi connectivity index (χ2n) is 5.62. The SMILES string of the molecule is Cc1ccc(CNC2C3CCC(C3)C2C(=O)O)s1. The van der Waals surface area contributed by atoms with Crippen LogP contribution in [-0.4, -0.2) is 17.1 Å². The highest BCUT2D eigenvalue weighted by Crippen LogP contribution is 2.48. The van der Waals surface area contributed by atoms with Gasteiger partial charge in [0.15, 0.2) is 0 Å². The summed E-state index contributed by atoms with van der Waals surface area (Å²) < 4.78 is 0. The minimum absolute atomic E-state index is 0.162. The first-order valence-corrected chi connectivity index (χ1v) is 7.48. The number of fused-ring (bicyclic) bond motifs is 2. The van der Waals surface area contributed by atoms with E-state index >= 15 is 0 Å². The van der Waals surface area contributed by atoms with Crippen LogP contribution in [0.25, 0.3) is 0 Å². The standard InChI is InChI=1S/C14H19NO2S/c1-8-2-5-11(18-8)7-15-13-10-4-3-9(6-10)12(13)14(16)17/h2,5,9-10,12-13,15H,3-4,6-7H2,1H3,(H,16,17). The van der Waals surface area contributed by atoms with Crippen LogP contribution in [0.2, 0.25) is 0 Å². The van der Waals surface area contributed by atoms with E-state index < -0.39 is 5.97 Å². The predicted octanol–water partition coefficient (Wildman–Crippen LogP) is 2.65. The van der Waals surface area contributed by atoms with Crippen molar-refractivity contribution in [3.8, 4) is 0 Å². The largest absolute Gasteiger partial charge is 0.481 e. The Balaban J connectivity index is 1.66. The predicted molar refractivity (Wildman–Crippen MR) is 71.6 cm³/mol. The van der Waals surface area contributed by atoms with E-state index in [9.17, 15) is 9.90 Å². The number of thiophene rings is 1. The van der Waals surface area contributed by atoms with Gasteiger partial charge in [-0.3, -0.25) is 4.79 Å². The van der Waals surface area contributed by atoms with E-state index in [1.807, 2.05) is 0 Å². The Labute approximate surface area is 111 Å². The Morgan fingerprint density at radius 3 is 2.89 bits per heavy atom. The molecule has 3 rings (SSSR count). The van der Waals surface area contributed by atoms with Crippen molar-refractivity contribution in [3.05, 3.63) is 21.9 Å². The Bertz CT molecular complexity index is 456. The molecule has 0 aromatic carbocycles. The molecule has 2 fully saturated rings.